The van der Waals surface area contributed by atoms with E-state index >= 15 is 0 Å². The molecule has 0 heterocycles. The maximum Gasteiger partial charge on any atom is 0.317 e. The average molecular weight is 328 g/mol. The number of carboxylic acid groups (broad SMARTS) is 2. The molecular weight excluding hydrogens is 292 g/mol. The predicted octanol–water partition coefficient (Wildman–Crippen LogP) is 5.50. The van der Waals surface area contributed by atoms with Crippen LogP contribution in [-0.4, -0.2) is 22.2 Å². The topological polar surface area (TPSA) is 74.6 Å². The van der Waals surface area contributed by atoms with Gasteiger partial charge in [0.25, 0.3) is 0 Å². The van der Waals surface area contributed by atoms with E-state index in [-0.39, 0.29) is 6.42 Å². The van der Waals surface area contributed by atoms with Gasteiger partial charge in [-0.05, 0) is 12.3 Å². The molecular formula is C19H36O4. The van der Waals surface area contributed by atoms with Crippen molar-refractivity contribution in [1.82, 2.24) is 0 Å². The molecule has 0 rings (SSSR count). The zero-order valence-corrected chi connectivity index (χ0v) is 15.1. The molecule has 23 heavy (non-hydrogen) atoms. The minimum atomic E-state index is -1.23. The molecule has 0 aliphatic rings. The van der Waals surface area contributed by atoms with Crippen molar-refractivity contribution in [1.29, 1.82) is 0 Å². The lowest BCUT2D eigenvalue weighted by Gasteiger charge is -2.07. The fourth-order valence-electron chi connectivity index (χ4n) is 2.84. The molecule has 4 nitrogen and oxygen atoms in total. The summed E-state index contributed by atoms with van der Waals surface area (Å²) in [5, 5.41) is 17.5. The molecule has 0 aromatic rings. The number of carbonyl (C=O) groups is 2. The van der Waals surface area contributed by atoms with Crippen LogP contribution in [0.4, 0.5) is 0 Å². The predicted molar refractivity (Wildman–Crippen MR) is 93.6 cm³/mol. The zero-order valence-electron chi connectivity index (χ0n) is 15.1. The summed E-state index contributed by atoms with van der Waals surface area (Å²) in [7, 11) is 0. The highest BCUT2D eigenvalue weighted by molar-refractivity contribution is 5.92. The van der Waals surface area contributed by atoms with E-state index in [0.717, 1.165) is 18.8 Å². The van der Waals surface area contributed by atoms with Gasteiger partial charge in [0.2, 0.25) is 0 Å². The first kappa shape index (κ1) is 21.9. The Kier molecular flexibility index (Phi) is 13.9. The third-order valence-electron chi connectivity index (χ3n) is 4.37. The van der Waals surface area contributed by atoms with E-state index in [9.17, 15) is 9.59 Å². The van der Waals surface area contributed by atoms with Gasteiger partial charge in [-0.2, -0.15) is 0 Å². The highest BCUT2D eigenvalue weighted by Gasteiger charge is 2.24. The number of rotatable bonds is 16. The Morgan fingerprint density at radius 1 is 0.609 bits per heavy atom. The molecule has 0 aliphatic carbocycles. The molecule has 4 heteroatoms. The Bertz CT molecular complexity index is 298. The van der Waals surface area contributed by atoms with Crippen LogP contribution < -0.4 is 0 Å². The van der Waals surface area contributed by atoms with E-state index in [4.69, 9.17) is 10.2 Å². The number of aliphatic carboxylic acids is 2. The Hall–Kier alpha value is -1.06. The first-order chi connectivity index (χ1) is 10.9. The summed E-state index contributed by atoms with van der Waals surface area (Å²) in [6.07, 6.45) is 14.8. The summed E-state index contributed by atoms with van der Waals surface area (Å²) in [5.74, 6) is -2.83. The number of hydrogen-bond donors (Lipinski definition) is 2. The van der Waals surface area contributed by atoms with Gasteiger partial charge in [0, 0.05) is 0 Å². The van der Waals surface area contributed by atoms with E-state index in [1.54, 1.807) is 0 Å². The van der Waals surface area contributed by atoms with Crippen molar-refractivity contribution in [2.75, 3.05) is 0 Å². The van der Waals surface area contributed by atoms with Crippen LogP contribution in [0, 0.1) is 11.8 Å². The zero-order chi connectivity index (χ0) is 17.5. The summed E-state index contributed by atoms with van der Waals surface area (Å²) in [4.78, 5) is 21.5. The van der Waals surface area contributed by atoms with Crippen LogP contribution in [0.3, 0.4) is 0 Å². The second-order valence-corrected chi connectivity index (χ2v) is 7.09. The van der Waals surface area contributed by atoms with Crippen molar-refractivity contribution < 1.29 is 19.8 Å². The quantitative estimate of drug-likeness (QED) is 0.290. The smallest absolute Gasteiger partial charge is 0.317 e. The van der Waals surface area contributed by atoms with Crippen LogP contribution in [-0.2, 0) is 9.59 Å². The van der Waals surface area contributed by atoms with Crippen molar-refractivity contribution in [2.24, 2.45) is 11.8 Å². The monoisotopic (exact) mass is 328 g/mol. The first-order valence-corrected chi connectivity index (χ1v) is 9.40. The minimum Gasteiger partial charge on any atom is -0.481 e. The van der Waals surface area contributed by atoms with Crippen LogP contribution in [0.5, 0.6) is 0 Å². The van der Waals surface area contributed by atoms with Gasteiger partial charge in [-0.1, -0.05) is 90.9 Å². The van der Waals surface area contributed by atoms with Crippen molar-refractivity contribution >= 4 is 11.9 Å². The van der Waals surface area contributed by atoms with E-state index in [1.165, 1.54) is 57.8 Å². The van der Waals surface area contributed by atoms with E-state index in [2.05, 4.69) is 13.8 Å². The van der Waals surface area contributed by atoms with Crippen molar-refractivity contribution in [3.8, 4) is 0 Å². The molecule has 0 aliphatic heterocycles. The minimum absolute atomic E-state index is 0.251. The largest absolute Gasteiger partial charge is 0.481 e. The molecule has 0 radical (unpaired) electrons. The fourth-order valence-corrected chi connectivity index (χ4v) is 2.84. The lowest BCUT2D eigenvalue weighted by molar-refractivity contribution is -0.154. The average Bonchev–Trinajstić information content (AvgIpc) is 2.46. The number of unbranched alkanes of at least 4 members (excludes halogenated alkanes) is 10. The molecule has 0 saturated carbocycles. The van der Waals surface area contributed by atoms with Gasteiger partial charge in [0.05, 0.1) is 0 Å². The molecule has 0 aromatic carbocycles. The summed E-state index contributed by atoms with van der Waals surface area (Å²) in [6.45, 7) is 4.56. The van der Waals surface area contributed by atoms with Crippen LogP contribution in [0.15, 0.2) is 0 Å². The van der Waals surface area contributed by atoms with Gasteiger partial charge < -0.3 is 10.2 Å². The third kappa shape index (κ3) is 14.3. The number of hydrogen-bond acceptors (Lipinski definition) is 2. The third-order valence-corrected chi connectivity index (χ3v) is 4.37. The van der Waals surface area contributed by atoms with Gasteiger partial charge in [-0.3, -0.25) is 9.59 Å². The lowest BCUT2D eigenvalue weighted by atomic mass is 10.00. The van der Waals surface area contributed by atoms with Crippen LogP contribution in [0.1, 0.15) is 97.3 Å². The Morgan fingerprint density at radius 2 is 0.913 bits per heavy atom. The van der Waals surface area contributed by atoms with Crippen molar-refractivity contribution in [3.05, 3.63) is 0 Å². The van der Waals surface area contributed by atoms with E-state index in [0.29, 0.717) is 6.42 Å². The summed E-state index contributed by atoms with van der Waals surface area (Å²) in [5.41, 5.74) is 0. The highest BCUT2D eigenvalue weighted by Crippen LogP contribution is 2.15. The van der Waals surface area contributed by atoms with E-state index < -0.39 is 17.9 Å². The Morgan fingerprint density at radius 3 is 1.22 bits per heavy atom. The Balaban J connectivity index is 3.28. The first-order valence-electron chi connectivity index (χ1n) is 9.40. The van der Waals surface area contributed by atoms with Crippen LogP contribution in [0.25, 0.3) is 0 Å². The molecule has 2 N–H and O–H groups in total. The van der Waals surface area contributed by atoms with E-state index in [1.807, 2.05) is 0 Å². The number of carboxylic acids is 2. The van der Waals surface area contributed by atoms with Gasteiger partial charge in [-0.25, -0.2) is 0 Å². The molecule has 0 bridgehead atoms. The van der Waals surface area contributed by atoms with Gasteiger partial charge >= 0.3 is 11.9 Å². The maximum atomic E-state index is 10.7. The van der Waals surface area contributed by atoms with Gasteiger partial charge in [-0.15, -0.1) is 0 Å². The molecule has 0 atom stereocenters. The summed E-state index contributed by atoms with van der Waals surface area (Å²) < 4.78 is 0. The molecule has 0 amide bonds. The molecule has 0 spiro atoms. The second kappa shape index (κ2) is 14.5. The second-order valence-electron chi connectivity index (χ2n) is 7.09. The summed E-state index contributed by atoms with van der Waals surface area (Å²) >= 11 is 0. The molecule has 0 saturated heterocycles. The highest BCUT2D eigenvalue weighted by atomic mass is 16.4. The normalized spacial score (nSPS) is 11.3. The lowest BCUT2D eigenvalue weighted by Crippen LogP contribution is -2.23. The van der Waals surface area contributed by atoms with Crippen molar-refractivity contribution in [3.63, 3.8) is 0 Å². The maximum absolute atomic E-state index is 10.7. The van der Waals surface area contributed by atoms with Crippen LogP contribution in [0.2, 0.25) is 0 Å². The van der Waals surface area contributed by atoms with Crippen molar-refractivity contribution in [2.45, 2.75) is 97.3 Å². The summed E-state index contributed by atoms with van der Waals surface area (Å²) in [6, 6.07) is 0. The van der Waals surface area contributed by atoms with Crippen LogP contribution >= 0.6 is 0 Å². The van der Waals surface area contributed by atoms with Gasteiger partial charge in [0.15, 0.2) is 5.92 Å². The molecule has 0 unspecified atom stereocenters. The Labute approximate surface area is 141 Å². The SMILES string of the molecule is CC(C)CCCCCCCCCCCCCC(C(=O)O)C(=O)O. The van der Waals surface area contributed by atoms with Gasteiger partial charge in [0.1, 0.15) is 0 Å². The fraction of sp³-hybridized carbons (Fsp3) is 0.895. The molecule has 136 valence electrons. The molecule has 0 fully saturated rings. The molecule has 0 aromatic heterocycles. The standard InChI is InChI=1S/C19H36O4/c1-16(2)14-12-10-8-6-4-3-5-7-9-11-13-15-17(18(20)21)19(22)23/h16-17H,3-15H2,1-2H3,(H,20,21)(H,22,23).